The number of carbonyl (C=O) groups is 2. The zero-order valence-corrected chi connectivity index (χ0v) is 11.3. The number of ether oxygens (including phenoxy) is 1. The Hall–Kier alpha value is -2.62. The molecule has 4 nitrogen and oxygen atoms in total. The van der Waals surface area contributed by atoms with Crippen LogP contribution in [0.2, 0.25) is 0 Å². The number of amides is 1. The molecule has 0 aliphatic heterocycles. The number of benzene rings is 2. The fraction of sp³-hybridized carbons (Fsp3) is 0.125. The number of ketones is 1. The lowest BCUT2D eigenvalue weighted by Gasteiger charge is -2.13. The zero-order chi connectivity index (χ0) is 14.5. The van der Waals surface area contributed by atoms with Gasteiger partial charge in [-0.05, 0) is 12.1 Å². The molecule has 0 aliphatic rings. The number of methoxy groups -OCH3 is 1. The van der Waals surface area contributed by atoms with Crippen molar-refractivity contribution in [3.63, 3.8) is 0 Å². The third-order valence-electron chi connectivity index (χ3n) is 2.81. The number of anilines is 1. The van der Waals surface area contributed by atoms with Gasteiger partial charge in [-0.2, -0.15) is 0 Å². The number of para-hydroxylation sites is 1. The van der Waals surface area contributed by atoms with E-state index in [1.54, 1.807) is 42.5 Å². The summed E-state index contributed by atoms with van der Waals surface area (Å²) in [7, 11) is 1.47. The van der Waals surface area contributed by atoms with Crippen LogP contribution < -0.4 is 10.1 Å². The topological polar surface area (TPSA) is 55.4 Å². The van der Waals surface area contributed by atoms with Crippen LogP contribution in [0.25, 0.3) is 0 Å². The van der Waals surface area contributed by atoms with E-state index in [1.165, 1.54) is 14.0 Å². The summed E-state index contributed by atoms with van der Waals surface area (Å²) in [5, 5.41) is 2.65. The molecule has 2 aromatic carbocycles. The van der Waals surface area contributed by atoms with Gasteiger partial charge in [-0.1, -0.05) is 36.4 Å². The second-order valence-corrected chi connectivity index (χ2v) is 4.26. The second kappa shape index (κ2) is 6.02. The Morgan fingerprint density at radius 3 is 2.30 bits per heavy atom. The number of carbonyl (C=O) groups excluding carboxylic acids is 2. The Morgan fingerprint density at radius 2 is 1.70 bits per heavy atom. The van der Waals surface area contributed by atoms with Gasteiger partial charge in [-0.3, -0.25) is 9.59 Å². The minimum absolute atomic E-state index is 0.144. The summed E-state index contributed by atoms with van der Waals surface area (Å²) in [6, 6.07) is 14.0. The minimum atomic E-state index is -0.215. The van der Waals surface area contributed by atoms with Crippen LogP contribution >= 0.6 is 0 Å². The fourth-order valence-electron chi connectivity index (χ4n) is 1.97. The summed E-state index contributed by atoms with van der Waals surface area (Å²) in [5.74, 6) is 0.0128. The van der Waals surface area contributed by atoms with Crippen molar-refractivity contribution >= 4 is 17.4 Å². The normalized spacial score (nSPS) is 9.90. The molecule has 0 unspecified atom stereocenters. The Kier molecular flexibility index (Phi) is 4.15. The fourth-order valence-corrected chi connectivity index (χ4v) is 1.97. The molecule has 0 heterocycles. The maximum atomic E-state index is 12.5. The van der Waals surface area contributed by atoms with Crippen LogP contribution in [-0.2, 0) is 4.79 Å². The Morgan fingerprint density at radius 1 is 1.00 bits per heavy atom. The second-order valence-electron chi connectivity index (χ2n) is 4.26. The molecule has 0 spiro atoms. The number of nitrogens with one attached hydrogen (secondary N) is 1. The monoisotopic (exact) mass is 269 g/mol. The lowest BCUT2D eigenvalue weighted by atomic mass is 10.0. The summed E-state index contributed by atoms with van der Waals surface area (Å²) >= 11 is 0. The summed E-state index contributed by atoms with van der Waals surface area (Å²) in [5.41, 5.74) is 1.48. The predicted molar refractivity (Wildman–Crippen MR) is 77.2 cm³/mol. The zero-order valence-electron chi connectivity index (χ0n) is 11.3. The highest BCUT2D eigenvalue weighted by molar-refractivity contribution is 6.12. The number of rotatable bonds is 4. The van der Waals surface area contributed by atoms with Gasteiger partial charge in [0.25, 0.3) is 0 Å². The molecular weight excluding hydrogens is 254 g/mol. The van der Waals surface area contributed by atoms with Crippen LogP contribution in [0.15, 0.2) is 48.5 Å². The van der Waals surface area contributed by atoms with E-state index < -0.39 is 0 Å². The SMILES string of the molecule is COc1c(NC(C)=O)cccc1C(=O)c1ccccc1. The summed E-state index contributed by atoms with van der Waals surface area (Å²) in [4.78, 5) is 23.7. The molecule has 102 valence electrons. The van der Waals surface area contributed by atoms with Crippen molar-refractivity contribution in [2.45, 2.75) is 6.92 Å². The maximum absolute atomic E-state index is 12.5. The summed E-state index contributed by atoms with van der Waals surface area (Å²) in [6.45, 7) is 1.41. The minimum Gasteiger partial charge on any atom is -0.494 e. The molecule has 2 aromatic rings. The molecule has 0 aliphatic carbocycles. The molecule has 0 radical (unpaired) electrons. The van der Waals surface area contributed by atoms with Crippen molar-refractivity contribution in [1.82, 2.24) is 0 Å². The van der Waals surface area contributed by atoms with Crippen molar-refractivity contribution in [3.05, 3.63) is 59.7 Å². The van der Waals surface area contributed by atoms with Crippen molar-refractivity contribution in [2.75, 3.05) is 12.4 Å². The van der Waals surface area contributed by atoms with E-state index in [-0.39, 0.29) is 11.7 Å². The molecule has 0 saturated heterocycles. The molecule has 0 atom stereocenters. The van der Waals surface area contributed by atoms with Gasteiger partial charge < -0.3 is 10.1 Å². The van der Waals surface area contributed by atoms with Gasteiger partial charge in [0.05, 0.1) is 18.4 Å². The van der Waals surface area contributed by atoms with E-state index in [9.17, 15) is 9.59 Å². The quantitative estimate of drug-likeness (QED) is 0.868. The Balaban J connectivity index is 2.46. The molecule has 1 amide bonds. The van der Waals surface area contributed by atoms with Crippen LogP contribution in [0.1, 0.15) is 22.8 Å². The molecule has 20 heavy (non-hydrogen) atoms. The van der Waals surface area contributed by atoms with Gasteiger partial charge in [0.15, 0.2) is 11.5 Å². The van der Waals surface area contributed by atoms with Gasteiger partial charge in [0.1, 0.15) is 0 Å². The highest BCUT2D eigenvalue weighted by atomic mass is 16.5. The van der Waals surface area contributed by atoms with Gasteiger partial charge in [0, 0.05) is 12.5 Å². The molecular formula is C16H15NO3. The van der Waals surface area contributed by atoms with Crippen LogP contribution in [0.4, 0.5) is 5.69 Å². The van der Waals surface area contributed by atoms with Crippen molar-refractivity contribution in [1.29, 1.82) is 0 Å². The van der Waals surface area contributed by atoms with E-state index >= 15 is 0 Å². The standard InChI is InChI=1S/C16H15NO3/c1-11(18)17-14-10-6-9-13(16(14)20-2)15(19)12-7-4-3-5-8-12/h3-10H,1-2H3,(H,17,18). The van der Waals surface area contributed by atoms with Gasteiger partial charge in [-0.25, -0.2) is 0 Å². The molecule has 0 fully saturated rings. The van der Waals surface area contributed by atoms with Gasteiger partial charge >= 0.3 is 0 Å². The Bertz CT molecular complexity index is 635. The van der Waals surface area contributed by atoms with Crippen molar-refractivity contribution in [3.8, 4) is 5.75 Å². The van der Waals surface area contributed by atoms with E-state index in [2.05, 4.69) is 5.32 Å². The molecule has 2 rings (SSSR count). The molecule has 0 saturated carbocycles. The third-order valence-corrected chi connectivity index (χ3v) is 2.81. The molecule has 4 heteroatoms. The predicted octanol–water partition coefficient (Wildman–Crippen LogP) is 2.88. The van der Waals surface area contributed by atoms with E-state index in [0.717, 1.165) is 0 Å². The van der Waals surface area contributed by atoms with Crippen LogP contribution in [0.3, 0.4) is 0 Å². The molecule has 0 aromatic heterocycles. The van der Waals surface area contributed by atoms with E-state index in [1.807, 2.05) is 6.07 Å². The molecule has 0 bridgehead atoms. The van der Waals surface area contributed by atoms with Gasteiger partial charge in [-0.15, -0.1) is 0 Å². The van der Waals surface area contributed by atoms with E-state index in [0.29, 0.717) is 22.6 Å². The number of hydrogen-bond acceptors (Lipinski definition) is 3. The average Bonchev–Trinajstić information content (AvgIpc) is 2.46. The van der Waals surface area contributed by atoms with Gasteiger partial charge in [0.2, 0.25) is 5.91 Å². The third kappa shape index (κ3) is 2.85. The highest BCUT2D eigenvalue weighted by Gasteiger charge is 2.17. The molecule has 1 N–H and O–H groups in total. The van der Waals surface area contributed by atoms with Crippen LogP contribution in [-0.4, -0.2) is 18.8 Å². The summed E-state index contributed by atoms with van der Waals surface area (Å²) < 4.78 is 5.28. The lowest BCUT2D eigenvalue weighted by molar-refractivity contribution is -0.114. The highest BCUT2D eigenvalue weighted by Crippen LogP contribution is 2.30. The first-order valence-corrected chi connectivity index (χ1v) is 6.18. The number of hydrogen-bond donors (Lipinski definition) is 1. The smallest absolute Gasteiger partial charge is 0.221 e. The van der Waals surface area contributed by atoms with Crippen molar-refractivity contribution < 1.29 is 14.3 Å². The maximum Gasteiger partial charge on any atom is 0.221 e. The average molecular weight is 269 g/mol. The first kappa shape index (κ1) is 13.8. The Labute approximate surface area is 117 Å². The summed E-state index contributed by atoms with van der Waals surface area (Å²) in [6.07, 6.45) is 0. The van der Waals surface area contributed by atoms with Crippen LogP contribution in [0, 0.1) is 0 Å². The largest absolute Gasteiger partial charge is 0.494 e. The van der Waals surface area contributed by atoms with Crippen molar-refractivity contribution in [2.24, 2.45) is 0 Å². The first-order chi connectivity index (χ1) is 9.63. The lowest BCUT2D eigenvalue weighted by Crippen LogP contribution is -2.10. The van der Waals surface area contributed by atoms with E-state index in [4.69, 9.17) is 4.74 Å². The van der Waals surface area contributed by atoms with Crippen LogP contribution in [0.5, 0.6) is 5.75 Å². The first-order valence-electron chi connectivity index (χ1n) is 6.18.